The number of rotatable bonds is 7. The molecule has 0 saturated heterocycles. The molecule has 1 aromatic rings. The van der Waals surface area contributed by atoms with Gasteiger partial charge in [-0.15, -0.1) is 0 Å². The normalized spacial score (nSPS) is 25.6. The molecule has 1 saturated carbocycles. The Morgan fingerprint density at radius 2 is 1.90 bits per heavy atom. The number of hydrogen-bond donors (Lipinski definition) is 1. The van der Waals surface area contributed by atoms with Gasteiger partial charge in [0.25, 0.3) is 0 Å². The number of benzene rings is 1. The van der Waals surface area contributed by atoms with Crippen molar-refractivity contribution < 1.29 is 4.74 Å². The molecule has 0 aromatic heterocycles. The third-order valence-corrected chi connectivity index (χ3v) is 5.16. The van der Waals surface area contributed by atoms with Gasteiger partial charge < -0.3 is 10.1 Å². The summed E-state index contributed by atoms with van der Waals surface area (Å²) in [5, 5.41) is 3.80. The topological polar surface area (TPSA) is 21.3 Å². The SMILES string of the molecule is CCOC1CC(NCC(c2ccccc2)C(C)C)C1(C)C. The second-order valence-electron chi connectivity index (χ2n) is 7.22. The summed E-state index contributed by atoms with van der Waals surface area (Å²) < 4.78 is 5.82. The molecule has 0 heterocycles. The Morgan fingerprint density at radius 3 is 2.43 bits per heavy atom. The van der Waals surface area contributed by atoms with E-state index >= 15 is 0 Å². The standard InChI is InChI=1S/C19H31NO/c1-6-21-18-12-17(19(18,4)5)20-13-16(14(2)3)15-10-8-7-9-11-15/h7-11,14,16-18,20H,6,12-13H2,1-5H3. The summed E-state index contributed by atoms with van der Waals surface area (Å²) in [5.74, 6) is 1.22. The van der Waals surface area contributed by atoms with E-state index in [9.17, 15) is 0 Å². The molecule has 2 nitrogen and oxygen atoms in total. The van der Waals surface area contributed by atoms with E-state index in [1.54, 1.807) is 0 Å². The van der Waals surface area contributed by atoms with Crippen LogP contribution in [0, 0.1) is 11.3 Å². The van der Waals surface area contributed by atoms with Gasteiger partial charge in [0.15, 0.2) is 0 Å². The summed E-state index contributed by atoms with van der Waals surface area (Å²) in [4.78, 5) is 0. The molecule has 1 fully saturated rings. The maximum atomic E-state index is 5.82. The fourth-order valence-electron chi connectivity index (χ4n) is 3.42. The first-order chi connectivity index (χ1) is 9.96. The van der Waals surface area contributed by atoms with Crippen LogP contribution in [0.3, 0.4) is 0 Å². The summed E-state index contributed by atoms with van der Waals surface area (Å²) in [6, 6.07) is 11.4. The largest absolute Gasteiger partial charge is 0.378 e. The molecule has 0 spiro atoms. The minimum atomic E-state index is 0.244. The average Bonchev–Trinajstić information content (AvgIpc) is 2.46. The zero-order valence-electron chi connectivity index (χ0n) is 14.2. The van der Waals surface area contributed by atoms with Crippen molar-refractivity contribution in [2.45, 2.75) is 59.1 Å². The second-order valence-corrected chi connectivity index (χ2v) is 7.22. The molecule has 0 amide bonds. The highest BCUT2D eigenvalue weighted by Crippen LogP contribution is 2.43. The van der Waals surface area contributed by atoms with Crippen molar-refractivity contribution in [2.24, 2.45) is 11.3 Å². The summed E-state index contributed by atoms with van der Waals surface area (Å²) in [7, 11) is 0. The van der Waals surface area contributed by atoms with Gasteiger partial charge in [-0.2, -0.15) is 0 Å². The van der Waals surface area contributed by atoms with Crippen LogP contribution < -0.4 is 5.32 Å². The zero-order chi connectivity index (χ0) is 15.5. The van der Waals surface area contributed by atoms with Crippen LogP contribution in [0.1, 0.15) is 52.5 Å². The van der Waals surface area contributed by atoms with Crippen LogP contribution >= 0.6 is 0 Å². The first-order valence-electron chi connectivity index (χ1n) is 8.36. The molecule has 3 unspecified atom stereocenters. The Kier molecular flexibility index (Phi) is 5.45. The zero-order valence-corrected chi connectivity index (χ0v) is 14.2. The Balaban J connectivity index is 1.92. The third-order valence-electron chi connectivity index (χ3n) is 5.16. The maximum Gasteiger partial charge on any atom is 0.0655 e. The van der Waals surface area contributed by atoms with Gasteiger partial charge >= 0.3 is 0 Å². The van der Waals surface area contributed by atoms with Gasteiger partial charge in [0, 0.05) is 24.6 Å². The van der Waals surface area contributed by atoms with Crippen molar-refractivity contribution in [1.29, 1.82) is 0 Å². The highest BCUT2D eigenvalue weighted by Gasteiger charge is 2.48. The average molecular weight is 289 g/mol. The molecule has 21 heavy (non-hydrogen) atoms. The van der Waals surface area contributed by atoms with E-state index in [-0.39, 0.29) is 5.41 Å². The van der Waals surface area contributed by atoms with Gasteiger partial charge in [0.05, 0.1) is 6.10 Å². The Hall–Kier alpha value is -0.860. The lowest BCUT2D eigenvalue weighted by Crippen LogP contribution is -2.61. The first-order valence-corrected chi connectivity index (χ1v) is 8.36. The minimum Gasteiger partial charge on any atom is -0.378 e. The van der Waals surface area contributed by atoms with Crippen molar-refractivity contribution >= 4 is 0 Å². The molecule has 0 bridgehead atoms. The van der Waals surface area contributed by atoms with Crippen molar-refractivity contribution in [2.75, 3.05) is 13.2 Å². The number of ether oxygens (including phenoxy) is 1. The lowest BCUT2D eigenvalue weighted by molar-refractivity contribution is -0.114. The predicted octanol–water partition coefficient (Wildman–Crippen LogP) is 4.22. The number of nitrogens with one attached hydrogen (secondary N) is 1. The molecule has 1 aromatic carbocycles. The Morgan fingerprint density at radius 1 is 1.24 bits per heavy atom. The van der Waals surface area contributed by atoms with Crippen LogP contribution in [0.15, 0.2) is 30.3 Å². The van der Waals surface area contributed by atoms with Crippen LogP contribution in [0.5, 0.6) is 0 Å². The summed E-state index contributed by atoms with van der Waals surface area (Å²) in [6.45, 7) is 13.2. The van der Waals surface area contributed by atoms with Crippen LogP contribution in [0.2, 0.25) is 0 Å². The van der Waals surface area contributed by atoms with Crippen molar-refractivity contribution in [3.8, 4) is 0 Å². The maximum absolute atomic E-state index is 5.82. The van der Waals surface area contributed by atoms with Gasteiger partial charge in [-0.25, -0.2) is 0 Å². The molecular weight excluding hydrogens is 258 g/mol. The molecular formula is C19H31NO. The van der Waals surface area contributed by atoms with Crippen molar-refractivity contribution in [1.82, 2.24) is 5.32 Å². The molecule has 0 radical (unpaired) electrons. The fourth-order valence-corrected chi connectivity index (χ4v) is 3.42. The lowest BCUT2D eigenvalue weighted by Gasteiger charge is -2.52. The van der Waals surface area contributed by atoms with E-state index in [1.165, 1.54) is 5.56 Å². The van der Waals surface area contributed by atoms with Crippen molar-refractivity contribution in [3.05, 3.63) is 35.9 Å². The van der Waals surface area contributed by atoms with Crippen LogP contribution in [-0.2, 0) is 4.74 Å². The smallest absolute Gasteiger partial charge is 0.0655 e. The molecule has 2 rings (SSSR count). The highest BCUT2D eigenvalue weighted by atomic mass is 16.5. The fraction of sp³-hybridized carbons (Fsp3) is 0.684. The van der Waals surface area contributed by atoms with Gasteiger partial charge in [-0.1, -0.05) is 58.0 Å². The third kappa shape index (κ3) is 3.67. The van der Waals surface area contributed by atoms with Gasteiger partial charge in [-0.05, 0) is 30.7 Å². The monoisotopic (exact) mass is 289 g/mol. The van der Waals surface area contributed by atoms with E-state index in [4.69, 9.17) is 4.74 Å². The van der Waals surface area contributed by atoms with Crippen LogP contribution in [-0.4, -0.2) is 25.3 Å². The van der Waals surface area contributed by atoms with Crippen molar-refractivity contribution in [3.63, 3.8) is 0 Å². The lowest BCUT2D eigenvalue weighted by atomic mass is 9.64. The minimum absolute atomic E-state index is 0.244. The predicted molar refractivity (Wildman–Crippen MR) is 89.6 cm³/mol. The summed E-state index contributed by atoms with van der Waals surface area (Å²) in [6.07, 6.45) is 1.55. The van der Waals surface area contributed by atoms with Crippen LogP contribution in [0.4, 0.5) is 0 Å². The molecule has 118 valence electrons. The molecule has 1 N–H and O–H groups in total. The van der Waals surface area contributed by atoms with E-state index in [2.05, 4.69) is 70.3 Å². The number of hydrogen-bond acceptors (Lipinski definition) is 2. The molecule has 1 aliphatic carbocycles. The summed E-state index contributed by atoms with van der Waals surface area (Å²) >= 11 is 0. The highest BCUT2D eigenvalue weighted by molar-refractivity contribution is 5.20. The Labute approximate surface area is 130 Å². The van der Waals surface area contributed by atoms with E-state index < -0.39 is 0 Å². The van der Waals surface area contributed by atoms with Gasteiger partial charge in [0.2, 0.25) is 0 Å². The second kappa shape index (κ2) is 6.93. The van der Waals surface area contributed by atoms with Gasteiger partial charge in [-0.3, -0.25) is 0 Å². The van der Waals surface area contributed by atoms with E-state index in [1.807, 2.05) is 0 Å². The molecule has 0 aliphatic heterocycles. The van der Waals surface area contributed by atoms with E-state index in [0.717, 1.165) is 19.6 Å². The molecule has 1 aliphatic rings. The Bertz CT molecular complexity index is 426. The molecule has 2 heteroatoms. The first kappa shape index (κ1) is 16.5. The van der Waals surface area contributed by atoms with E-state index in [0.29, 0.717) is 24.0 Å². The summed E-state index contributed by atoms with van der Waals surface area (Å²) in [5.41, 5.74) is 1.69. The van der Waals surface area contributed by atoms with Gasteiger partial charge in [0.1, 0.15) is 0 Å². The quantitative estimate of drug-likeness (QED) is 0.811. The molecule has 3 atom stereocenters. The van der Waals surface area contributed by atoms with Crippen LogP contribution in [0.25, 0.3) is 0 Å².